The highest BCUT2D eigenvalue weighted by molar-refractivity contribution is 9.10. The van der Waals surface area contributed by atoms with Gasteiger partial charge in [0, 0.05) is 11.0 Å². The third kappa shape index (κ3) is 2.59. The molecule has 1 amide bonds. The van der Waals surface area contributed by atoms with Crippen molar-refractivity contribution in [2.75, 3.05) is 19.8 Å². The van der Waals surface area contributed by atoms with Gasteiger partial charge in [0.1, 0.15) is 0 Å². The van der Waals surface area contributed by atoms with Gasteiger partial charge in [0.15, 0.2) is 0 Å². The molecule has 1 saturated heterocycles. The van der Waals surface area contributed by atoms with Gasteiger partial charge in [-0.1, -0.05) is 6.07 Å². The maximum atomic E-state index is 12.6. The molecule has 1 fully saturated rings. The van der Waals surface area contributed by atoms with Crippen molar-refractivity contribution < 1.29 is 9.53 Å². The molecule has 0 unspecified atom stereocenters. The Kier molecular flexibility index (Phi) is 3.78. The fraction of sp³-hybridized carbons (Fsp3) is 0.500. The van der Waals surface area contributed by atoms with Crippen molar-refractivity contribution in [1.82, 2.24) is 4.90 Å². The van der Waals surface area contributed by atoms with E-state index in [1.54, 1.807) is 0 Å². The van der Waals surface area contributed by atoms with Crippen molar-refractivity contribution in [2.45, 2.75) is 26.3 Å². The van der Waals surface area contributed by atoms with Crippen LogP contribution in [-0.4, -0.2) is 36.1 Å². The number of ether oxygens (including phenoxy) is 1. The van der Waals surface area contributed by atoms with Gasteiger partial charge in [0.2, 0.25) is 0 Å². The molecule has 0 N–H and O–H groups in total. The van der Waals surface area contributed by atoms with Crippen LogP contribution in [-0.2, 0) is 4.74 Å². The monoisotopic (exact) mass is 311 g/mol. The highest BCUT2D eigenvalue weighted by atomic mass is 79.9. The van der Waals surface area contributed by atoms with Gasteiger partial charge in [0.25, 0.3) is 5.91 Å². The van der Waals surface area contributed by atoms with E-state index in [0.717, 1.165) is 15.6 Å². The Balaban J connectivity index is 2.30. The zero-order valence-electron chi connectivity index (χ0n) is 11.0. The topological polar surface area (TPSA) is 29.5 Å². The largest absolute Gasteiger partial charge is 0.377 e. The lowest BCUT2D eigenvalue weighted by atomic mass is 10.0. The Morgan fingerprint density at radius 3 is 2.78 bits per heavy atom. The molecule has 18 heavy (non-hydrogen) atoms. The Bertz CT molecular complexity index is 471. The summed E-state index contributed by atoms with van der Waals surface area (Å²) in [5, 5.41) is 0. The van der Waals surface area contributed by atoms with Gasteiger partial charge in [-0.2, -0.15) is 0 Å². The summed E-state index contributed by atoms with van der Waals surface area (Å²) in [5.74, 6) is 0.0650. The summed E-state index contributed by atoms with van der Waals surface area (Å²) in [7, 11) is 0. The molecule has 1 aliphatic rings. The first-order valence-electron chi connectivity index (χ1n) is 6.08. The lowest BCUT2D eigenvalue weighted by Crippen LogP contribution is -2.55. The van der Waals surface area contributed by atoms with E-state index in [4.69, 9.17) is 4.74 Å². The molecule has 0 saturated carbocycles. The first-order chi connectivity index (χ1) is 8.42. The number of carbonyl (C=O) groups excluding carboxylic acids is 1. The van der Waals surface area contributed by atoms with Crippen molar-refractivity contribution in [3.63, 3.8) is 0 Å². The Morgan fingerprint density at radius 2 is 2.17 bits per heavy atom. The van der Waals surface area contributed by atoms with Crippen LogP contribution in [0.2, 0.25) is 0 Å². The van der Waals surface area contributed by atoms with E-state index in [1.807, 2.05) is 43.9 Å². The molecule has 98 valence electrons. The van der Waals surface area contributed by atoms with Gasteiger partial charge in [0.05, 0.1) is 24.3 Å². The van der Waals surface area contributed by atoms with E-state index in [0.29, 0.717) is 19.8 Å². The van der Waals surface area contributed by atoms with Crippen LogP contribution in [0.15, 0.2) is 22.7 Å². The number of halogens is 1. The quantitative estimate of drug-likeness (QED) is 0.798. The molecule has 0 spiro atoms. The first kappa shape index (κ1) is 13.6. The average Bonchev–Trinajstić information content (AvgIpc) is 2.27. The molecule has 2 rings (SSSR count). The Morgan fingerprint density at radius 1 is 1.44 bits per heavy atom. The van der Waals surface area contributed by atoms with E-state index in [9.17, 15) is 4.79 Å². The number of benzene rings is 1. The third-order valence-corrected chi connectivity index (χ3v) is 3.90. The maximum Gasteiger partial charge on any atom is 0.255 e. The average molecular weight is 312 g/mol. The van der Waals surface area contributed by atoms with Crippen molar-refractivity contribution >= 4 is 21.8 Å². The molecule has 0 aliphatic carbocycles. The van der Waals surface area contributed by atoms with E-state index < -0.39 is 0 Å². The summed E-state index contributed by atoms with van der Waals surface area (Å²) in [6, 6.07) is 5.82. The smallest absolute Gasteiger partial charge is 0.255 e. The van der Waals surface area contributed by atoms with E-state index in [2.05, 4.69) is 15.9 Å². The molecular formula is C14H18BrNO2. The van der Waals surface area contributed by atoms with E-state index >= 15 is 0 Å². The first-order valence-corrected chi connectivity index (χ1v) is 6.87. The van der Waals surface area contributed by atoms with Crippen molar-refractivity contribution in [2.24, 2.45) is 0 Å². The molecular weight excluding hydrogens is 294 g/mol. The van der Waals surface area contributed by atoms with Crippen LogP contribution in [0.25, 0.3) is 0 Å². The van der Waals surface area contributed by atoms with Crippen molar-refractivity contribution in [1.29, 1.82) is 0 Å². The lowest BCUT2D eigenvalue weighted by Gasteiger charge is -2.42. The molecule has 1 aliphatic heterocycles. The number of aryl methyl sites for hydroxylation is 1. The normalized spacial score (nSPS) is 18.8. The number of hydrogen-bond donors (Lipinski definition) is 0. The molecule has 0 radical (unpaired) electrons. The molecule has 1 heterocycles. The van der Waals surface area contributed by atoms with Gasteiger partial charge in [-0.3, -0.25) is 4.79 Å². The van der Waals surface area contributed by atoms with Crippen LogP contribution in [0.3, 0.4) is 0 Å². The zero-order chi connectivity index (χ0) is 13.3. The number of rotatable bonds is 1. The Labute approximate surface area is 116 Å². The van der Waals surface area contributed by atoms with Crippen LogP contribution < -0.4 is 0 Å². The molecule has 0 aromatic heterocycles. The van der Waals surface area contributed by atoms with Crippen LogP contribution in [0, 0.1) is 6.92 Å². The second-order valence-corrected chi connectivity index (χ2v) is 6.16. The van der Waals surface area contributed by atoms with E-state index in [1.165, 1.54) is 0 Å². The Hall–Kier alpha value is -0.870. The summed E-state index contributed by atoms with van der Waals surface area (Å²) in [4.78, 5) is 14.5. The fourth-order valence-electron chi connectivity index (χ4n) is 2.17. The minimum atomic E-state index is -0.250. The fourth-order valence-corrected chi connectivity index (χ4v) is 2.84. The zero-order valence-corrected chi connectivity index (χ0v) is 12.6. The van der Waals surface area contributed by atoms with E-state index in [-0.39, 0.29) is 11.4 Å². The predicted molar refractivity (Wildman–Crippen MR) is 74.8 cm³/mol. The minimum absolute atomic E-state index is 0.0650. The number of hydrogen-bond acceptors (Lipinski definition) is 2. The molecule has 4 heteroatoms. The van der Waals surface area contributed by atoms with Crippen LogP contribution in [0.5, 0.6) is 0 Å². The maximum absolute atomic E-state index is 12.6. The summed E-state index contributed by atoms with van der Waals surface area (Å²) in [6.45, 7) is 7.92. The summed E-state index contributed by atoms with van der Waals surface area (Å²) in [5.41, 5.74) is 1.61. The molecule has 0 atom stereocenters. The minimum Gasteiger partial charge on any atom is -0.377 e. The van der Waals surface area contributed by atoms with Gasteiger partial charge >= 0.3 is 0 Å². The standard InChI is InChI=1S/C14H18BrNO2/c1-10-4-5-11(12(15)8-10)13(17)16-6-7-18-9-14(16,2)3/h4-5,8H,6-7,9H2,1-3H3. The van der Waals surface area contributed by atoms with Gasteiger partial charge < -0.3 is 9.64 Å². The predicted octanol–water partition coefficient (Wildman–Crippen LogP) is 3.01. The highest BCUT2D eigenvalue weighted by Gasteiger charge is 2.35. The van der Waals surface area contributed by atoms with Gasteiger partial charge in [-0.15, -0.1) is 0 Å². The summed E-state index contributed by atoms with van der Waals surface area (Å²) < 4.78 is 6.30. The summed E-state index contributed by atoms with van der Waals surface area (Å²) in [6.07, 6.45) is 0. The van der Waals surface area contributed by atoms with Crippen LogP contribution >= 0.6 is 15.9 Å². The third-order valence-electron chi connectivity index (χ3n) is 3.25. The second-order valence-electron chi connectivity index (χ2n) is 5.31. The molecule has 1 aromatic carbocycles. The van der Waals surface area contributed by atoms with Crippen LogP contribution in [0.1, 0.15) is 29.8 Å². The SMILES string of the molecule is Cc1ccc(C(=O)N2CCOCC2(C)C)c(Br)c1. The number of carbonyl (C=O) groups is 1. The van der Waals surface area contributed by atoms with Crippen LogP contribution in [0.4, 0.5) is 0 Å². The molecule has 0 bridgehead atoms. The molecule has 1 aromatic rings. The number of morpholine rings is 1. The number of amides is 1. The molecule has 3 nitrogen and oxygen atoms in total. The second kappa shape index (κ2) is 5.02. The van der Waals surface area contributed by atoms with Gasteiger partial charge in [-0.25, -0.2) is 0 Å². The van der Waals surface area contributed by atoms with Crippen molar-refractivity contribution in [3.05, 3.63) is 33.8 Å². The van der Waals surface area contributed by atoms with Gasteiger partial charge in [-0.05, 0) is 54.4 Å². The highest BCUT2D eigenvalue weighted by Crippen LogP contribution is 2.25. The number of nitrogens with zero attached hydrogens (tertiary/aromatic N) is 1. The van der Waals surface area contributed by atoms with Crippen molar-refractivity contribution in [3.8, 4) is 0 Å². The lowest BCUT2D eigenvalue weighted by molar-refractivity contribution is -0.0371. The summed E-state index contributed by atoms with van der Waals surface area (Å²) >= 11 is 3.47.